The molecule has 1 fully saturated rings. The topological polar surface area (TPSA) is 107 Å². The smallest absolute Gasteiger partial charge is 0.240 e. The zero-order valence-electron chi connectivity index (χ0n) is 16.0. The van der Waals surface area contributed by atoms with Gasteiger partial charge in [0.05, 0.1) is 17.0 Å². The molecule has 1 aliphatic rings. The van der Waals surface area contributed by atoms with Gasteiger partial charge in [0.1, 0.15) is 11.3 Å². The summed E-state index contributed by atoms with van der Waals surface area (Å²) in [6, 6.07) is 16.6. The Labute approximate surface area is 172 Å². The van der Waals surface area contributed by atoms with Crippen LogP contribution in [0.4, 0.5) is 5.69 Å². The van der Waals surface area contributed by atoms with Gasteiger partial charge in [-0.3, -0.25) is 9.59 Å². The number of nitriles is 1. The van der Waals surface area contributed by atoms with Crippen molar-refractivity contribution in [3.63, 3.8) is 0 Å². The number of nitrogens with zero attached hydrogens (tertiary/aromatic N) is 3. The third kappa shape index (κ3) is 5.30. The Morgan fingerprint density at radius 1 is 1.24 bits per heavy atom. The molecule has 0 saturated carbocycles. The second-order valence-electron chi connectivity index (χ2n) is 6.46. The number of benzene rings is 2. The minimum Gasteiger partial charge on any atom is -0.325 e. The van der Waals surface area contributed by atoms with Crippen molar-refractivity contribution in [2.24, 2.45) is 10.2 Å². The highest BCUT2D eigenvalue weighted by molar-refractivity contribution is 8.15. The predicted molar refractivity (Wildman–Crippen MR) is 115 cm³/mol. The summed E-state index contributed by atoms with van der Waals surface area (Å²) in [7, 11) is 0. The van der Waals surface area contributed by atoms with Crippen LogP contribution in [0.2, 0.25) is 0 Å². The lowest BCUT2D eigenvalue weighted by molar-refractivity contribution is -0.122. The van der Waals surface area contributed by atoms with Crippen LogP contribution in [0.1, 0.15) is 30.0 Å². The number of amides is 2. The Bertz CT molecular complexity index is 1040. The number of hydrogen-bond donors (Lipinski definition) is 2. The van der Waals surface area contributed by atoms with Crippen molar-refractivity contribution in [2.45, 2.75) is 25.5 Å². The molecule has 29 heavy (non-hydrogen) atoms. The average molecular weight is 405 g/mol. The van der Waals surface area contributed by atoms with Gasteiger partial charge >= 0.3 is 0 Å². The number of rotatable bonds is 5. The Morgan fingerprint density at radius 3 is 2.69 bits per heavy atom. The molecule has 0 aliphatic carbocycles. The molecule has 0 radical (unpaired) electrons. The van der Waals surface area contributed by atoms with E-state index in [0.29, 0.717) is 16.4 Å². The Morgan fingerprint density at radius 2 is 1.97 bits per heavy atom. The average Bonchev–Trinajstić information content (AvgIpc) is 3.06. The summed E-state index contributed by atoms with van der Waals surface area (Å²) in [5, 5.41) is 22.5. The Balaban J connectivity index is 1.61. The molecule has 1 atom stereocenters. The van der Waals surface area contributed by atoms with Gasteiger partial charge in [-0.2, -0.15) is 10.4 Å². The number of carbonyl (C=O) groups excluding carboxylic acids is 2. The molecule has 0 aromatic heterocycles. The molecule has 2 aromatic carbocycles. The van der Waals surface area contributed by atoms with Crippen molar-refractivity contribution in [1.29, 1.82) is 5.26 Å². The highest BCUT2D eigenvalue weighted by Crippen LogP contribution is 2.23. The van der Waals surface area contributed by atoms with Gasteiger partial charge in [0.25, 0.3) is 0 Å². The van der Waals surface area contributed by atoms with Crippen LogP contribution in [0, 0.1) is 18.3 Å². The fraction of sp³-hybridized carbons (Fsp3) is 0.190. The highest BCUT2D eigenvalue weighted by Gasteiger charge is 2.32. The van der Waals surface area contributed by atoms with Crippen LogP contribution in [0.25, 0.3) is 0 Å². The van der Waals surface area contributed by atoms with E-state index in [0.717, 1.165) is 28.6 Å². The number of carbonyl (C=O) groups is 2. The van der Waals surface area contributed by atoms with Gasteiger partial charge in [-0.25, -0.2) is 0 Å². The number of hydrogen-bond acceptors (Lipinski definition) is 6. The van der Waals surface area contributed by atoms with E-state index in [1.54, 1.807) is 24.3 Å². The van der Waals surface area contributed by atoms with E-state index < -0.39 is 5.25 Å². The maximum Gasteiger partial charge on any atom is 0.240 e. The third-order valence-corrected chi connectivity index (χ3v) is 5.30. The second-order valence-corrected chi connectivity index (χ2v) is 7.65. The predicted octanol–water partition coefficient (Wildman–Crippen LogP) is 3.21. The van der Waals surface area contributed by atoms with Gasteiger partial charge in [0, 0.05) is 6.42 Å². The normalized spacial score (nSPS) is 17.7. The first kappa shape index (κ1) is 20.3. The summed E-state index contributed by atoms with van der Waals surface area (Å²) in [5.74, 6) is -0.637. The molecule has 1 heterocycles. The number of amidine groups is 1. The first-order chi connectivity index (χ1) is 14.0. The van der Waals surface area contributed by atoms with E-state index in [1.165, 1.54) is 0 Å². The van der Waals surface area contributed by atoms with Crippen LogP contribution < -0.4 is 10.6 Å². The molecule has 146 valence electrons. The first-order valence-electron chi connectivity index (χ1n) is 8.92. The molecule has 1 aliphatic heterocycles. The summed E-state index contributed by atoms with van der Waals surface area (Å²) in [4.78, 5) is 24.4. The first-order valence-corrected chi connectivity index (χ1v) is 9.80. The largest absolute Gasteiger partial charge is 0.325 e. The van der Waals surface area contributed by atoms with Crippen molar-refractivity contribution in [3.8, 4) is 6.07 Å². The quantitative estimate of drug-likeness (QED) is 0.588. The van der Waals surface area contributed by atoms with E-state index in [2.05, 4.69) is 20.8 Å². The SMILES string of the molecule is C/C(=N/N=C1\NC(=O)[C@H](CC(=O)Nc2ccccc2C#N)S1)c1ccc(C)cc1. The summed E-state index contributed by atoms with van der Waals surface area (Å²) in [6.07, 6.45) is -0.0318. The van der Waals surface area contributed by atoms with Crippen LogP contribution in [0.3, 0.4) is 0 Å². The Hall–Kier alpha value is -3.44. The lowest BCUT2D eigenvalue weighted by Crippen LogP contribution is -2.28. The minimum atomic E-state index is -0.599. The van der Waals surface area contributed by atoms with Gasteiger partial charge in [0.2, 0.25) is 11.8 Å². The van der Waals surface area contributed by atoms with Crippen molar-refractivity contribution < 1.29 is 9.59 Å². The summed E-state index contributed by atoms with van der Waals surface area (Å²) in [5.41, 5.74) is 3.62. The van der Waals surface area contributed by atoms with Crippen molar-refractivity contribution in [2.75, 3.05) is 5.32 Å². The molecule has 2 aromatic rings. The molecule has 0 spiro atoms. The van der Waals surface area contributed by atoms with Crippen LogP contribution in [-0.2, 0) is 9.59 Å². The number of anilines is 1. The van der Waals surface area contributed by atoms with Gasteiger partial charge in [-0.15, -0.1) is 5.10 Å². The molecule has 0 bridgehead atoms. The molecule has 2 amide bonds. The standard InChI is InChI=1S/C21H19N5O2S/c1-13-7-9-15(10-8-13)14(2)25-26-21-24-20(28)18(29-21)11-19(27)23-17-6-4-3-5-16(17)12-22/h3-10,18H,11H2,1-2H3,(H,23,27)(H,24,26,28)/b25-14-/t18-/m0/s1. The number of thioether (sulfide) groups is 1. The molecular formula is C21H19N5O2S. The van der Waals surface area contributed by atoms with Crippen molar-refractivity contribution in [1.82, 2.24) is 5.32 Å². The van der Waals surface area contributed by atoms with Gasteiger partial charge in [0.15, 0.2) is 5.17 Å². The van der Waals surface area contributed by atoms with Gasteiger partial charge in [-0.1, -0.05) is 53.7 Å². The van der Waals surface area contributed by atoms with E-state index >= 15 is 0 Å². The lowest BCUT2D eigenvalue weighted by atomic mass is 10.1. The molecule has 8 heteroatoms. The lowest BCUT2D eigenvalue weighted by Gasteiger charge is -2.08. The molecule has 7 nitrogen and oxygen atoms in total. The van der Waals surface area contributed by atoms with Crippen LogP contribution in [0.15, 0.2) is 58.7 Å². The molecule has 2 N–H and O–H groups in total. The third-order valence-electron chi connectivity index (χ3n) is 4.23. The molecular weight excluding hydrogens is 386 g/mol. The van der Waals surface area contributed by atoms with Crippen LogP contribution in [-0.4, -0.2) is 27.9 Å². The fourth-order valence-electron chi connectivity index (χ4n) is 2.62. The van der Waals surface area contributed by atoms with Crippen molar-refractivity contribution >= 4 is 40.1 Å². The van der Waals surface area contributed by atoms with Crippen LogP contribution in [0.5, 0.6) is 0 Å². The van der Waals surface area contributed by atoms with E-state index in [1.807, 2.05) is 44.2 Å². The van der Waals surface area contributed by atoms with E-state index in [4.69, 9.17) is 5.26 Å². The second kappa shape index (κ2) is 9.17. The molecule has 3 rings (SSSR count). The Kier molecular flexibility index (Phi) is 6.42. The van der Waals surface area contributed by atoms with Crippen LogP contribution >= 0.6 is 11.8 Å². The fourth-order valence-corrected chi connectivity index (χ4v) is 3.54. The number of aryl methyl sites for hydroxylation is 1. The zero-order valence-corrected chi connectivity index (χ0v) is 16.8. The summed E-state index contributed by atoms with van der Waals surface area (Å²) in [6.45, 7) is 3.85. The van der Waals surface area contributed by atoms with E-state index in [9.17, 15) is 9.59 Å². The highest BCUT2D eigenvalue weighted by atomic mass is 32.2. The van der Waals surface area contributed by atoms with Gasteiger partial charge in [-0.05, 0) is 31.5 Å². The van der Waals surface area contributed by atoms with E-state index in [-0.39, 0.29) is 18.2 Å². The van der Waals surface area contributed by atoms with Gasteiger partial charge < -0.3 is 10.6 Å². The number of para-hydroxylation sites is 1. The summed E-state index contributed by atoms with van der Waals surface area (Å²) < 4.78 is 0. The maximum atomic E-state index is 12.3. The monoisotopic (exact) mass is 405 g/mol. The van der Waals surface area contributed by atoms with Crippen molar-refractivity contribution in [3.05, 3.63) is 65.2 Å². The summed E-state index contributed by atoms with van der Waals surface area (Å²) >= 11 is 1.16. The minimum absolute atomic E-state index is 0.0318. The zero-order chi connectivity index (χ0) is 20.8. The molecule has 0 unspecified atom stereocenters. The maximum absolute atomic E-state index is 12.3. The number of nitrogens with one attached hydrogen (secondary N) is 2. The molecule has 1 saturated heterocycles.